The lowest BCUT2D eigenvalue weighted by Gasteiger charge is -2.49. The number of hydrogen-bond acceptors (Lipinski definition) is 4. The average Bonchev–Trinajstić information content (AvgIpc) is 2.79. The molecule has 0 aromatic heterocycles. The highest BCUT2D eigenvalue weighted by Crippen LogP contribution is 2.38. The number of anilines is 1. The van der Waals surface area contributed by atoms with Gasteiger partial charge in [0.05, 0.1) is 19.1 Å². The molecule has 5 nitrogen and oxygen atoms in total. The van der Waals surface area contributed by atoms with Crippen LogP contribution in [0.25, 0.3) is 0 Å². The second kappa shape index (κ2) is 9.90. The van der Waals surface area contributed by atoms with Gasteiger partial charge in [-0.05, 0) is 48.1 Å². The lowest BCUT2D eigenvalue weighted by Crippen LogP contribution is -2.60. The summed E-state index contributed by atoms with van der Waals surface area (Å²) in [6, 6.07) is 13.0. The van der Waals surface area contributed by atoms with Gasteiger partial charge in [-0.15, -0.1) is 0 Å². The zero-order valence-corrected chi connectivity index (χ0v) is 19.3. The van der Waals surface area contributed by atoms with E-state index in [4.69, 9.17) is 4.74 Å². The summed E-state index contributed by atoms with van der Waals surface area (Å²) in [5.74, 6) is 1.24. The number of fused-ring (bicyclic) bond motifs is 3. The highest BCUT2D eigenvalue weighted by molar-refractivity contribution is 5.82. The summed E-state index contributed by atoms with van der Waals surface area (Å²) in [5.41, 5.74) is 3.48. The highest BCUT2D eigenvalue weighted by atomic mass is 19.1. The summed E-state index contributed by atoms with van der Waals surface area (Å²) < 4.78 is 18.8. The van der Waals surface area contributed by atoms with E-state index in [1.807, 2.05) is 18.2 Å². The SMILES string of the molecule is COc1ccc2c(c1)N1CCN(Cc3ccc(F)cc3)C[C@@H]1[C@@H](C(=O)NCCC(C)C)C2. The van der Waals surface area contributed by atoms with Crippen LogP contribution in [0.2, 0.25) is 0 Å². The maximum Gasteiger partial charge on any atom is 0.225 e. The van der Waals surface area contributed by atoms with Crippen LogP contribution in [-0.2, 0) is 17.8 Å². The molecule has 0 spiro atoms. The van der Waals surface area contributed by atoms with Crippen molar-refractivity contribution in [2.75, 3.05) is 38.2 Å². The Morgan fingerprint density at radius 1 is 1.19 bits per heavy atom. The summed E-state index contributed by atoms with van der Waals surface area (Å²) in [5, 5.41) is 3.19. The largest absolute Gasteiger partial charge is 0.497 e. The number of benzene rings is 2. The van der Waals surface area contributed by atoms with E-state index in [9.17, 15) is 9.18 Å². The van der Waals surface area contributed by atoms with Crippen LogP contribution in [0.1, 0.15) is 31.4 Å². The van der Waals surface area contributed by atoms with Gasteiger partial charge >= 0.3 is 0 Å². The first-order valence-corrected chi connectivity index (χ1v) is 11.6. The summed E-state index contributed by atoms with van der Waals surface area (Å²) in [6.45, 7) is 8.37. The normalized spacial score (nSPS) is 20.6. The maximum atomic E-state index is 13.3. The van der Waals surface area contributed by atoms with Crippen LogP contribution in [0.5, 0.6) is 5.75 Å². The standard InChI is InChI=1S/C26H34FN3O2/c1-18(2)10-11-28-26(31)23-14-20-6-9-22(32-3)15-24(20)30-13-12-29(17-25(23)30)16-19-4-7-21(27)8-5-19/h4-9,15,18,23,25H,10-14,16-17H2,1-3H3,(H,28,31)/t23-,25+/m0/s1. The molecule has 0 saturated carbocycles. The van der Waals surface area contributed by atoms with Crippen molar-refractivity contribution >= 4 is 11.6 Å². The minimum Gasteiger partial charge on any atom is -0.497 e. The fourth-order valence-electron chi connectivity index (χ4n) is 4.87. The Labute approximate surface area is 190 Å². The van der Waals surface area contributed by atoms with Crippen molar-refractivity contribution in [3.63, 3.8) is 0 Å². The number of nitrogens with zero attached hydrogens (tertiary/aromatic N) is 2. The van der Waals surface area contributed by atoms with Crippen molar-refractivity contribution in [1.82, 2.24) is 10.2 Å². The fourth-order valence-corrected chi connectivity index (χ4v) is 4.87. The van der Waals surface area contributed by atoms with Gasteiger partial charge in [-0.3, -0.25) is 9.69 Å². The highest BCUT2D eigenvalue weighted by Gasteiger charge is 2.41. The third-order valence-corrected chi connectivity index (χ3v) is 6.69. The van der Waals surface area contributed by atoms with Crippen molar-refractivity contribution in [1.29, 1.82) is 0 Å². The molecule has 2 aliphatic heterocycles. The first-order valence-electron chi connectivity index (χ1n) is 11.6. The van der Waals surface area contributed by atoms with Crippen LogP contribution >= 0.6 is 0 Å². The third-order valence-electron chi connectivity index (χ3n) is 6.69. The second-order valence-corrected chi connectivity index (χ2v) is 9.40. The first kappa shape index (κ1) is 22.6. The molecule has 2 atom stereocenters. The Morgan fingerprint density at radius 3 is 2.69 bits per heavy atom. The van der Waals surface area contributed by atoms with E-state index in [0.717, 1.165) is 50.3 Å². The van der Waals surface area contributed by atoms with Crippen molar-refractivity contribution in [2.24, 2.45) is 11.8 Å². The van der Waals surface area contributed by atoms with E-state index in [2.05, 4.69) is 41.1 Å². The Kier molecular flexibility index (Phi) is 6.99. The number of carbonyl (C=O) groups is 1. The van der Waals surface area contributed by atoms with E-state index >= 15 is 0 Å². The number of halogens is 1. The summed E-state index contributed by atoms with van der Waals surface area (Å²) in [6.07, 6.45) is 1.72. The molecule has 2 aromatic carbocycles. The number of amides is 1. The van der Waals surface area contributed by atoms with Crippen molar-refractivity contribution in [2.45, 2.75) is 39.3 Å². The van der Waals surface area contributed by atoms with Gasteiger partial charge in [-0.25, -0.2) is 4.39 Å². The Bertz CT molecular complexity index is 931. The van der Waals surface area contributed by atoms with E-state index in [1.165, 1.54) is 23.4 Å². The van der Waals surface area contributed by atoms with E-state index in [-0.39, 0.29) is 23.7 Å². The number of ether oxygens (including phenoxy) is 1. The zero-order chi connectivity index (χ0) is 22.7. The fraction of sp³-hybridized carbons (Fsp3) is 0.500. The third kappa shape index (κ3) is 5.07. The van der Waals surface area contributed by atoms with E-state index < -0.39 is 0 Å². The molecule has 0 unspecified atom stereocenters. The summed E-state index contributed by atoms with van der Waals surface area (Å²) in [4.78, 5) is 18.0. The number of methoxy groups -OCH3 is 1. The molecule has 4 rings (SSSR count). The summed E-state index contributed by atoms with van der Waals surface area (Å²) in [7, 11) is 1.69. The number of piperazine rings is 1. The molecule has 172 valence electrons. The molecule has 2 aliphatic rings. The van der Waals surface area contributed by atoms with Gasteiger partial charge in [0.25, 0.3) is 0 Å². The topological polar surface area (TPSA) is 44.8 Å². The molecule has 2 aromatic rings. The lowest BCUT2D eigenvalue weighted by atomic mass is 9.83. The number of nitrogens with one attached hydrogen (secondary N) is 1. The molecule has 32 heavy (non-hydrogen) atoms. The smallest absolute Gasteiger partial charge is 0.225 e. The van der Waals surface area contributed by atoms with Gasteiger partial charge in [0.1, 0.15) is 11.6 Å². The Hall–Kier alpha value is -2.60. The van der Waals surface area contributed by atoms with Crippen LogP contribution in [0.3, 0.4) is 0 Å². The minimum absolute atomic E-state index is 0.0981. The Balaban J connectivity index is 1.55. The molecule has 0 aliphatic carbocycles. The predicted molar refractivity (Wildman–Crippen MR) is 125 cm³/mol. The monoisotopic (exact) mass is 439 g/mol. The van der Waals surface area contributed by atoms with Crippen molar-refractivity contribution in [3.05, 3.63) is 59.4 Å². The average molecular weight is 440 g/mol. The van der Waals surface area contributed by atoms with Gasteiger partial charge in [-0.1, -0.05) is 32.0 Å². The molecule has 1 fully saturated rings. The van der Waals surface area contributed by atoms with E-state index in [0.29, 0.717) is 12.5 Å². The van der Waals surface area contributed by atoms with Crippen LogP contribution < -0.4 is 15.0 Å². The van der Waals surface area contributed by atoms with Gasteiger partial charge in [-0.2, -0.15) is 0 Å². The number of hydrogen-bond donors (Lipinski definition) is 1. The molecule has 2 heterocycles. The van der Waals surface area contributed by atoms with Crippen LogP contribution in [-0.4, -0.2) is 50.1 Å². The molecule has 1 saturated heterocycles. The predicted octanol–water partition coefficient (Wildman–Crippen LogP) is 3.86. The van der Waals surface area contributed by atoms with Crippen LogP contribution in [0.4, 0.5) is 10.1 Å². The molecule has 6 heteroatoms. The molecular weight excluding hydrogens is 405 g/mol. The van der Waals surface area contributed by atoms with Gasteiger partial charge in [0.2, 0.25) is 5.91 Å². The van der Waals surface area contributed by atoms with Gasteiger partial charge < -0.3 is 15.0 Å². The van der Waals surface area contributed by atoms with Crippen LogP contribution in [0, 0.1) is 17.7 Å². The molecule has 0 bridgehead atoms. The van der Waals surface area contributed by atoms with Crippen molar-refractivity contribution in [3.8, 4) is 5.75 Å². The second-order valence-electron chi connectivity index (χ2n) is 9.40. The van der Waals surface area contributed by atoms with Crippen LogP contribution in [0.15, 0.2) is 42.5 Å². The summed E-state index contributed by atoms with van der Waals surface area (Å²) >= 11 is 0. The Morgan fingerprint density at radius 2 is 1.97 bits per heavy atom. The van der Waals surface area contributed by atoms with E-state index in [1.54, 1.807) is 7.11 Å². The lowest BCUT2D eigenvalue weighted by molar-refractivity contribution is -0.126. The zero-order valence-electron chi connectivity index (χ0n) is 19.3. The first-order chi connectivity index (χ1) is 15.4. The van der Waals surface area contributed by atoms with Gasteiger partial charge in [0.15, 0.2) is 0 Å². The molecule has 1 N–H and O–H groups in total. The number of rotatable bonds is 7. The quantitative estimate of drug-likeness (QED) is 0.712. The minimum atomic E-state index is -0.213. The maximum absolute atomic E-state index is 13.3. The molecular formula is C26H34FN3O2. The molecule has 1 amide bonds. The van der Waals surface area contributed by atoms with Crippen molar-refractivity contribution < 1.29 is 13.9 Å². The number of carbonyl (C=O) groups excluding carboxylic acids is 1. The molecule has 0 radical (unpaired) electrons. The van der Waals surface area contributed by atoms with Gasteiger partial charge in [0, 0.05) is 44.5 Å².